The number of carbonyl (C=O) groups is 3. The number of ether oxygens (including phenoxy) is 1. The van der Waals surface area contributed by atoms with Crippen LogP contribution in [0.25, 0.3) is 10.8 Å². The summed E-state index contributed by atoms with van der Waals surface area (Å²) < 4.78 is 5.53. The highest BCUT2D eigenvalue weighted by Gasteiger charge is 2.55. The van der Waals surface area contributed by atoms with Crippen molar-refractivity contribution in [1.29, 1.82) is 0 Å². The Morgan fingerprint density at radius 3 is 2.65 bits per heavy atom. The van der Waals surface area contributed by atoms with E-state index in [-0.39, 0.29) is 24.2 Å². The standard InChI is InChI=1S/C28H32N2O4/c1-2-34-27(33)28-14-8-13-24(28)30(19-21-11-7-10-20-9-3-4-12-23(20)21)26(32)22(18-28)17-25(31)29-15-5-6-16-29/h3-4,7,9-13,22H,2,5-6,8,14-19H2,1H3/t22-,28+/m1/s1. The molecule has 2 fully saturated rings. The van der Waals surface area contributed by atoms with Gasteiger partial charge in [-0.3, -0.25) is 14.4 Å². The molecule has 0 radical (unpaired) electrons. The van der Waals surface area contributed by atoms with Gasteiger partial charge in [-0.05, 0) is 55.4 Å². The summed E-state index contributed by atoms with van der Waals surface area (Å²) in [7, 11) is 0. The Balaban J connectivity index is 1.51. The van der Waals surface area contributed by atoms with E-state index in [9.17, 15) is 14.4 Å². The van der Waals surface area contributed by atoms with Crippen molar-refractivity contribution in [2.75, 3.05) is 19.7 Å². The summed E-state index contributed by atoms with van der Waals surface area (Å²) in [4.78, 5) is 43.8. The second-order valence-electron chi connectivity index (χ2n) is 9.69. The smallest absolute Gasteiger partial charge is 0.318 e. The molecule has 0 N–H and O–H groups in total. The van der Waals surface area contributed by atoms with Gasteiger partial charge in [0, 0.05) is 31.1 Å². The van der Waals surface area contributed by atoms with Gasteiger partial charge in [0.2, 0.25) is 11.8 Å². The van der Waals surface area contributed by atoms with Gasteiger partial charge >= 0.3 is 5.97 Å². The second-order valence-corrected chi connectivity index (χ2v) is 9.69. The Kier molecular flexibility index (Phi) is 6.15. The molecule has 2 aromatic carbocycles. The van der Waals surface area contributed by atoms with E-state index in [0.717, 1.165) is 54.4 Å². The molecule has 2 saturated heterocycles. The summed E-state index contributed by atoms with van der Waals surface area (Å²) in [5.74, 6) is -0.838. The van der Waals surface area contributed by atoms with Crippen molar-refractivity contribution in [1.82, 2.24) is 9.80 Å². The van der Waals surface area contributed by atoms with E-state index in [1.54, 1.807) is 4.90 Å². The van der Waals surface area contributed by atoms with E-state index in [1.165, 1.54) is 0 Å². The van der Waals surface area contributed by atoms with Crippen molar-refractivity contribution in [3.05, 3.63) is 59.8 Å². The third-order valence-electron chi connectivity index (χ3n) is 7.65. The van der Waals surface area contributed by atoms with Crippen LogP contribution in [0.4, 0.5) is 0 Å². The van der Waals surface area contributed by atoms with Crippen LogP contribution in [-0.2, 0) is 25.7 Å². The molecule has 2 aromatic rings. The third kappa shape index (κ3) is 3.89. The minimum Gasteiger partial charge on any atom is -0.465 e. The molecule has 6 heteroatoms. The van der Waals surface area contributed by atoms with E-state index in [2.05, 4.69) is 18.2 Å². The van der Waals surface area contributed by atoms with Gasteiger partial charge in [0.15, 0.2) is 0 Å². The quantitative estimate of drug-likeness (QED) is 0.598. The monoisotopic (exact) mass is 460 g/mol. The molecule has 2 heterocycles. The Bertz CT molecular complexity index is 1140. The van der Waals surface area contributed by atoms with Gasteiger partial charge in [-0.2, -0.15) is 0 Å². The highest BCUT2D eigenvalue weighted by molar-refractivity contribution is 5.93. The Morgan fingerprint density at radius 1 is 1.09 bits per heavy atom. The van der Waals surface area contributed by atoms with Gasteiger partial charge in [-0.25, -0.2) is 0 Å². The summed E-state index contributed by atoms with van der Waals surface area (Å²) in [5, 5.41) is 2.20. The predicted octanol–water partition coefficient (Wildman–Crippen LogP) is 4.43. The molecule has 3 aliphatic rings. The zero-order valence-corrected chi connectivity index (χ0v) is 19.8. The van der Waals surface area contributed by atoms with Crippen molar-refractivity contribution in [2.24, 2.45) is 11.3 Å². The normalized spacial score (nSPS) is 24.3. The molecule has 5 rings (SSSR count). The van der Waals surface area contributed by atoms with E-state index < -0.39 is 11.3 Å². The fourth-order valence-electron chi connectivity index (χ4n) is 5.99. The zero-order valence-electron chi connectivity index (χ0n) is 19.8. The van der Waals surface area contributed by atoms with Gasteiger partial charge in [0.25, 0.3) is 0 Å². The van der Waals surface area contributed by atoms with Crippen LogP contribution in [0.2, 0.25) is 0 Å². The lowest BCUT2D eigenvalue weighted by atomic mass is 9.71. The van der Waals surface area contributed by atoms with Crippen LogP contribution in [0.5, 0.6) is 0 Å². The number of piperidine rings is 1. The van der Waals surface area contributed by atoms with Crippen LogP contribution in [0.15, 0.2) is 54.2 Å². The first-order valence-electron chi connectivity index (χ1n) is 12.5. The highest BCUT2D eigenvalue weighted by atomic mass is 16.5. The Labute approximate surface area is 200 Å². The maximum Gasteiger partial charge on any atom is 0.318 e. The minimum atomic E-state index is -0.857. The second kappa shape index (κ2) is 9.24. The molecule has 178 valence electrons. The van der Waals surface area contributed by atoms with Gasteiger partial charge in [0.1, 0.15) is 5.41 Å². The van der Waals surface area contributed by atoms with E-state index in [1.807, 2.05) is 42.2 Å². The van der Waals surface area contributed by atoms with Crippen LogP contribution in [0.1, 0.15) is 51.0 Å². The zero-order chi connectivity index (χ0) is 23.7. The topological polar surface area (TPSA) is 66.9 Å². The summed E-state index contributed by atoms with van der Waals surface area (Å²) in [6.07, 6.45) is 5.89. The van der Waals surface area contributed by atoms with E-state index >= 15 is 0 Å². The number of nitrogens with zero attached hydrogens (tertiary/aromatic N) is 2. The largest absolute Gasteiger partial charge is 0.465 e. The molecule has 2 aliphatic heterocycles. The lowest BCUT2D eigenvalue weighted by Gasteiger charge is -2.44. The summed E-state index contributed by atoms with van der Waals surface area (Å²) in [5.41, 5.74) is 0.932. The highest BCUT2D eigenvalue weighted by Crippen LogP contribution is 2.51. The molecule has 0 bridgehead atoms. The average molecular weight is 461 g/mol. The number of allylic oxidation sites excluding steroid dienone is 1. The van der Waals surface area contributed by atoms with Crippen molar-refractivity contribution in [3.8, 4) is 0 Å². The first-order chi connectivity index (χ1) is 16.5. The Hall–Kier alpha value is -3.15. The average Bonchev–Trinajstić information content (AvgIpc) is 3.53. The van der Waals surface area contributed by atoms with Gasteiger partial charge < -0.3 is 14.5 Å². The number of amides is 2. The molecule has 2 atom stereocenters. The summed E-state index contributed by atoms with van der Waals surface area (Å²) in [6.45, 7) is 3.99. The SMILES string of the molecule is CCOC(=O)[C@]12CCC=C1N(Cc1cccc3ccccc13)C(=O)[C@H](CC(=O)N1CCCC1)C2. The van der Waals surface area contributed by atoms with Crippen LogP contribution in [0, 0.1) is 11.3 Å². The molecule has 0 aromatic heterocycles. The van der Waals surface area contributed by atoms with Gasteiger partial charge in [-0.15, -0.1) is 0 Å². The van der Waals surface area contributed by atoms with Gasteiger partial charge in [-0.1, -0.05) is 48.5 Å². The van der Waals surface area contributed by atoms with Crippen molar-refractivity contribution in [2.45, 2.75) is 52.0 Å². The van der Waals surface area contributed by atoms with Crippen molar-refractivity contribution in [3.63, 3.8) is 0 Å². The molecular formula is C28H32N2O4. The number of carbonyl (C=O) groups excluding carboxylic acids is 3. The number of hydrogen-bond acceptors (Lipinski definition) is 4. The van der Waals surface area contributed by atoms with Crippen LogP contribution in [0.3, 0.4) is 0 Å². The van der Waals surface area contributed by atoms with Gasteiger partial charge in [0.05, 0.1) is 13.2 Å². The van der Waals surface area contributed by atoms with Crippen LogP contribution in [-0.4, -0.2) is 47.3 Å². The van der Waals surface area contributed by atoms with Crippen LogP contribution < -0.4 is 0 Å². The molecule has 0 spiro atoms. The molecule has 1 aliphatic carbocycles. The number of likely N-dealkylation sites (tertiary alicyclic amines) is 2. The fourth-order valence-corrected chi connectivity index (χ4v) is 5.99. The number of benzene rings is 2. The van der Waals surface area contributed by atoms with E-state index in [0.29, 0.717) is 26.0 Å². The molecule has 6 nitrogen and oxygen atoms in total. The van der Waals surface area contributed by atoms with Crippen molar-refractivity contribution < 1.29 is 19.1 Å². The molecule has 34 heavy (non-hydrogen) atoms. The first kappa shape index (κ1) is 22.6. The lowest BCUT2D eigenvalue weighted by Crippen LogP contribution is -2.52. The first-order valence-corrected chi connectivity index (χ1v) is 12.5. The number of rotatable bonds is 6. The summed E-state index contributed by atoms with van der Waals surface area (Å²) >= 11 is 0. The molecule has 2 amide bonds. The number of fused-ring (bicyclic) bond motifs is 2. The maximum absolute atomic E-state index is 13.8. The minimum absolute atomic E-state index is 0.0189. The van der Waals surface area contributed by atoms with Crippen LogP contribution >= 0.6 is 0 Å². The molecular weight excluding hydrogens is 428 g/mol. The molecule has 0 unspecified atom stereocenters. The van der Waals surface area contributed by atoms with Crippen molar-refractivity contribution >= 4 is 28.6 Å². The number of hydrogen-bond donors (Lipinski definition) is 0. The van der Waals surface area contributed by atoms with E-state index in [4.69, 9.17) is 4.74 Å². The predicted molar refractivity (Wildman–Crippen MR) is 129 cm³/mol. The Morgan fingerprint density at radius 2 is 1.85 bits per heavy atom. The summed E-state index contributed by atoms with van der Waals surface area (Å²) in [6, 6.07) is 14.2. The fraction of sp³-hybridized carbons (Fsp3) is 0.464. The molecule has 0 saturated carbocycles. The number of esters is 1. The maximum atomic E-state index is 13.8. The third-order valence-corrected chi connectivity index (χ3v) is 7.65. The lowest BCUT2D eigenvalue weighted by molar-refractivity contribution is -0.161.